The first kappa shape index (κ1) is 21.0. The molecule has 8 heteroatoms. The number of allylic oxidation sites excluding steroid dienone is 1. The number of hydrogen-bond acceptors (Lipinski definition) is 5. The molecule has 1 aliphatic rings. The summed E-state index contributed by atoms with van der Waals surface area (Å²) in [5.41, 5.74) is 0. The van der Waals surface area contributed by atoms with Crippen molar-refractivity contribution in [2.45, 2.75) is 49.6 Å². The first-order valence-electron chi connectivity index (χ1n) is 8.24. The zero-order valence-electron chi connectivity index (χ0n) is 14.7. The highest BCUT2D eigenvalue weighted by molar-refractivity contribution is 8.00. The topological polar surface area (TPSA) is 63.1 Å². The molecule has 0 bridgehead atoms. The Hall–Kier alpha value is -1.05. The third-order valence-electron chi connectivity index (χ3n) is 4.24. The van der Waals surface area contributed by atoms with Crippen LogP contribution in [-0.2, 0) is 11.3 Å². The lowest BCUT2D eigenvalue weighted by Crippen LogP contribution is -2.33. The van der Waals surface area contributed by atoms with Crippen molar-refractivity contribution in [3.8, 4) is 0 Å². The Morgan fingerprint density at radius 2 is 2.17 bits per heavy atom. The molecule has 6 nitrogen and oxygen atoms in total. The molecule has 0 saturated carbocycles. The number of carbonyl (C=O) groups excluding carboxylic acids is 1. The van der Waals surface area contributed by atoms with Gasteiger partial charge in [0.2, 0.25) is 5.91 Å². The van der Waals surface area contributed by atoms with Crippen LogP contribution in [0.1, 0.15) is 38.4 Å². The number of nitrogens with zero attached hydrogens (tertiary/aromatic N) is 4. The number of amides is 1. The van der Waals surface area contributed by atoms with Crippen LogP contribution < -0.4 is 5.32 Å². The predicted octanol–water partition coefficient (Wildman–Crippen LogP) is 2.31. The highest BCUT2D eigenvalue weighted by Gasteiger charge is 2.25. The minimum absolute atomic E-state index is 0. The number of nitrogens with one attached hydrogen (secondary N) is 1. The molecule has 1 fully saturated rings. The summed E-state index contributed by atoms with van der Waals surface area (Å²) in [6.07, 6.45) is 4.02. The first-order chi connectivity index (χ1) is 11.1. The molecule has 1 aromatic heterocycles. The van der Waals surface area contributed by atoms with E-state index in [1.54, 1.807) is 4.90 Å². The predicted molar refractivity (Wildman–Crippen MR) is 101 cm³/mol. The fourth-order valence-corrected chi connectivity index (χ4v) is 3.73. The van der Waals surface area contributed by atoms with Crippen LogP contribution in [0.25, 0.3) is 0 Å². The SMILES string of the molecule is C=CCn1c(SC(C)C(=O)N(C)CC)nnc1C1CCNCC1.Cl. The Balaban J connectivity index is 0.00000288. The molecule has 1 amide bonds. The van der Waals surface area contributed by atoms with Gasteiger partial charge in [-0.15, -0.1) is 29.2 Å². The van der Waals surface area contributed by atoms with E-state index in [-0.39, 0.29) is 23.6 Å². The molecule has 0 radical (unpaired) electrons. The van der Waals surface area contributed by atoms with Gasteiger partial charge in [0.05, 0.1) is 5.25 Å². The molecule has 0 spiro atoms. The van der Waals surface area contributed by atoms with Gasteiger partial charge < -0.3 is 14.8 Å². The average molecular weight is 374 g/mol. The zero-order valence-corrected chi connectivity index (χ0v) is 16.3. The molecular formula is C16H28ClN5OS. The van der Waals surface area contributed by atoms with Crippen molar-refractivity contribution >= 4 is 30.1 Å². The highest BCUT2D eigenvalue weighted by atomic mass is 35.5. The maximum Gasteiger partial charge on any atom is 0.235 e. The minimum atomic E-state index is -0.173. The molecule has 136 valence electrons. The number of halogens is 1. The number of thioether (sulfide) groups is 1. The van der Waals surface area contributed by atoms with E-state index in [0.717, 1.165) is 36.9 Å². The summed E-state index contributed by atoms with van der Waals surface area (Å²) in [7, 11) is 1.83. The normalized spacial score (nSPS) is 16.3. The van der Waals surface area contributed by atoms with Gasteiger partial charge in [0.1, 0.15) is 5.82 Å². The number of carbonyl (C=O) groups is 1. The number of rotatable bonds is 7. The fraction of sp³-hybridized carbons (Fsp3) is 0.688. The monoisotopic (exact) mass is 373 g/mol. The van der Waals surface area contributed by atoms with Gasteiger partial charge in [-0.25, -0.2) is 0 Å². The average Bonchev–Trinajstić information content (AvgIpc) is 2.97. The van der Waals surface area contributed by atoms with Crippen molar-refractivity contribution in [3.63, 3.8) is 0 Å². The van der Waals surface area contributed by atoms with Gasteiger partial charge in [0.15, 0.2) is 5.16 Å². The Bertz CT molecular complexity index is 545. The highest BCUT2D eigenvalue weighted by Crippen LogP contribution is 2.29. The third-order valence-corrected chi connectivity index (χ3v) is 5.31. The minimum Gasteiger partial charge on any atom is -0.345 e. The molecular weight excluding hydrogens is 346 g/mol. The molecule has 2 heterocycles. The van der Waals surface area contributed by atoms with Gasteiger partial charge in [0, 0.05) is 26.1 Å². The molecule has 1 N–H and O–H groups in total. The summed E-state index contributed by atoms with van der Waals surface area (Å²) in [5, 5.41) is 12.8. The van der Waals surface area contributed by atoms with Crippen molar-refractivity contribution in [2.75, 3.05) is 26.7 Å². The lowest BCUT2D eigenvalue weighted by Gasteiger charge is -2.23. The van der Waals surface area contributed by atoms with Crippen molar-refractivity contribution in [1.82, 2.24) is 25.0 Å². The second-order valence-corrected chi connectivity index (χ2v) is 7.18. The van der Waals surface area contributed by atoms with Crippen LogP contribution in [-0.4, -0.2) is 57.5 Å². The van der Waals surface area contributed by atoms with Gasteiger partial charge >= 0.3 is 0 Å². The standard InChI is InChI=1S/C16H27N5OS.ClH/c1-5-11-21-14(13-7-9-17-10-8-13)18-19-16(21)23-12(3)15(22)20(4)6-2;/h5,12-13,17H,1,6-11H2,2-4H3;1H. The van der Waals surface area contributed by atoms with Crippen LogP contribution in [0.2, 0.25) is 0 Å². The van der Waals surface area contributed by atoms with Gasteiger partial charge in [-0.1, -0.05) is 17.8 Å². The van der Waals surface area contributed by atoms with Crippen molar-refractivity contribution in [3.05, 3.63) is 18.5 Å². The quantitative estimate of drug-likeness (QED) is 0.587. The van der Waals surface area contributed by atoms with E-state index in [1.807, 2.05) is 27.0 Å². The second-order valence-electron chi connectivity index (χ2n) is 5.88. The van der Waals surface area contributed by atoms with Crippen molar-refractivity contribution in [2.24, 2.45) is 0 Å². The largest absolute Gasteiger partial charge is 0.345 e. The first-order valence-corrected chi connectivity index (χ1v) is 9.12. The lowest BCUT2D eigenvalue weighted by atomic mass is 9.97. The van der Waals surface area contributed by atoms with Crippen LogP contribution in [0.3, 0.4) is 0 Å². The van der Waals surface area contributed by atoms with Crippen molar-refractivity contribution < 1.29 is 4.79 Å². The van der Waals surface area contributed by atoms with E-state index in [0.29, 0.717) is 19.0 Å². The zero-order chi connectivity index (χ0) is 16.8. The molecule has 2 rings (SSSR count). The van der Waals surface area contributed by atoms with E-state index in [9.17, 15) is 4.79 Å². The van der Waals surface area contributed by atoms with E-state index < -0.39 is 0 Å². The van der Waals surface area contributed by atoms with E-state index in [2.05, 4.69) is 26.7 Å². The lowest BCUT2D eigenvalue weighted by molar-refractivity contribution is -0.128. The Morgan fingerprint density at radius 1 is 1.50 bits per heavy atom. The van der Waals surface area contributed by atoms with Crippen molar-refractivity contribution in [1.29, 1.82) is 0 Å². The van der Waals surface area contributed by atoms with Crippen LogP contribution in [0.15, 0.2) is 17.8 Å². The molecule has 1 saturated heterocycles. The number of piperidine rings is 1. The van der Waals surface area contributed by atoms with E-state index >= 15 is 0 Å². The van der Waals surface area contributed by atoms with Crippen LogP contribution in [0, 0.1) is 0 Å². The molecule has 1 aliphatic heterocycles. The summed E-state index contributed by atoms with van der Waals surface area (Å²) in [5.74, 6) is 1.58. The van der Waals surface area contributed by atoms with E-state index in [4.69, 9.17) is 0 Å². The van der Waals surface area contributed by atoms with Crippen LogP contribution >= 0.6 is 24.2 Å². The molecule has 1 unspecified atom stereocenters. The smallest absolute Gasteiger partial charge is 0.235 e. The molecule has 0 aliphatic carbocycles. The number of hydrogen-bond donors (Lipinski definition) is 1. The molecule has 24 heavy (non-hydrogen) atoms. The number of aromatic nitrogens is 3. The summed E-state index contributed by atoms with van der Waals surface area (Å²) in [4.78, 5) is 14.0. The third kappa shape index (κ3) is 4.97. The maximum absolute atomic E-state index is 12.3. The summed E-state index contributed by atoms with van der Waals surface area (Å²) in [6, 6.07) is 0. The molecule has 0 aromatic carbocycles. The Kier molecular flexibility index (Phi) is 8.80. The van der Waals surface area contributed by atoms with Crippen LogP contribution in [0.4, 0.5) is 0 Å². The van der Waals surface area contributed by atoms with Gasteiger partial charge in [-0.2, -0.15) is 0 Å². The Morgan fingerprint density at radius 3 is 2.75 bits per heavy atom. The van der Waals surface area contributed by atoms with Gasteiger partial charge in [-0.3, -0.25) is 4.79 Å². The van der Waals surface area contributed by atoms with Gasteiger partial charge in [0.25, 0.3) is 0 Å². The summed E-state index contributed by atoms with van der Waals surface area (Å²) < 4.78 is 2.11. The molecule has 1 atom stereocenters. The van der Waals surface area contributed by atoms with E-state index in [1.165, 1.54) is 11.8 Å². The summed E-state index contributed by atoms with van der Waals surface area (Å²) in [6.45, 7) is 11.2. The maximum atomic E-state index is 12.3. The summed E-state index contributed by atoms with van der Waals surface area (Å²) >= 11 is 1.48. The molecule has 1 aromatic rings. The van der Waals surface area contributed by atoms with Crippen LogP contribution in [0.5, 0.6) is 0 Å². The second kappa shape index (κ2) is 10.1. The van der Waals surface area contributed by atoms with Gasteiger partial charge in [-0.05, 0) is 39.8 Å². The fourth-order valence-electron chi connectivity index (χ4n) is 2.74. The Labute approximate surface area is 154 Å².